The maximum Gasteiger partial charge on any atom is 0.253 e. The third kappa shape index (κ3) is 4.67. The molecule has 0 radical (unpaired) electrons. The van der Waals surface area contributed by atoms with Crippen molar-refractivity contribution in [2.75, 3.05) is 6.54 Å². The van der Waals surface area contributed by atoms with Gasteiger partial charge in [-0.2, -0.15) is 0 Å². The van der Waals surface area contributed by atoms with Gasteiger partial charge in [-0.05, 0) is 19.1 Å². The lowest BCUT2D eigenvalue weighted by molar-refractivity contribution is 0.0911. The van der Waals surface area contributed by atoms with Gasteiger partial charge in [-0.25, -0.2) is 0 Å². The zero-order chi connectivity index (χ0) is 16.8. The van der Waals surface area contributed by atoms with Crippen LogP contribution in [0.5, 0.6) is 11.5 Å². The Balaban J connectivity index is 1.86. The summed E-state index contributed by atoms with van der Waals surface area (Å²) in [6, 6.07) is 2.25. The lowest BCUT2D eigenvalue weighted by atomic mass is 10.2. The Hall–Kier alpha value is -3.16. The molecule has 0 spiro atoms. The topological polar surface area (TPSA) is 124 Å². The van der Waals surface area contributed by atoms with E-state index in [1.165, 1.54) is 36.9 Å². The molecule has 0 fully saturated rings. The fourth-order valence-corrected chi connectivity index (χ4v) is 1.81. The van der Waals surface area contributed by atoms with Gasteiger partial charge in [0, 0.05) is 25.0 Å². The van der Waals surface area contributed by atoms with Crippen molar-refractivity contribution in [1.29, 1.82) is 0 Å². The summed E-state index contributed by atoms with van der Waals surface area (Å²) >= 11 is 0. The lowest BCUT2D eigenvalue weighted by Gasteiger charge is -2.14. The highest BCUT2D eigenvalue weighted by molar-refractivity contribution is 5.95. The van der Waals surface area contributed by atoms with E-state index in [0.29, 0.717) is 0 Å². The summed E-state index contributed by atoms with van der Waals surface area (Å²) in [4.78, 5) is 31.3. The molecule has 2 rings (SSSR count). The van der Waals surface area contributed by atoms with Crippen LogP contribution in [0.25, 0.3) is 0 Å². The predicted molar refractivity (Wildman–Crippen MR) is 81.1 cm³/mol. The molecule has 0 saturated heterocycles. The second kappa shape index (κ2) is 7.21. The number of aromatic nitrogens is 2. The lowest BCUT2D eigenvalue weighted by Crippen LogP contribution is -2.41. The van der Waals surface area contributed by atoms with E-state index in [1.807, 2.05) is 0 Å². The monoisotopic (exact) mass is 316 g/mol. The first-order valence-corrected chi connectivity index (χ1v) is 6.83. The van der Waals surface area contributed by atoms with Gasteiger partial charge in [-0.3, -0.25) is 19.6 Å². The molecule has 0 aromatic carbocycles. The third-order valence-electron chi connectivity index (χ3n) is 2.92. The van der Waals surface area contributed by atoms with Gasteiger partial charge >= 0.3 is 0 Å². The van der Waals surface area contributed by atoms with Crippen molar-refractivity contribution in [2.45, 2.75) is 13.0 Å². The van der Waals surface area contributed by atoms with E-state index < -0.39 is 11.8 Å². The predicted octanol–water partition coefficient (Wildman–Crippen LogP) is 0.436. The van der Waals surface area contributed by atoms with Crippen LogP contribution in [0, 0.1) is 0 Å². The van der Waals surface area contributed by atoms with E-state index >= 15 is 0 Å². The van der Waals surface area contributed by atoms with Gasteiger partial charge in [0.2, 0.25) is 0 Å². The van der Waals surface area contributed by atoms with Crippen LogP contribution in [0.15, 0.2) is 36.9 Å². The van der Waals surface area contributed by atoms with Gasteiger partial charge in [-0.1, -0.05) is 0 Å². The van der Waals surface area contributed by atoms with Crippen molar-refractivity contribution < 1.29 is 19.8 Å². The Kier molecular flexibility index (Phi) is 5.08. The Morgan fingerprint density at radius 1 is 1.00 bits per heavy atom. The minimum Gasteiger partial charge on any atom is -0.506 e. The van der Waals surface area contributed by atoms with Gasteiger partial charge in [0.15, 0.2) is 0 Å². The van der Waals surface area contributed by atoms with Crippen molar-refractivity contribution in [3.8, 4) is 11.5 Å². The molecular formula is C15H16N4O4. The highest BCUT2D eigenvalue weighted by Crippen LogP contribution is 2.09. The minimum atomic E-state index is -0.409. The van der Waals surface area contributed by atoms with Crippen LogP contribution in [0.1, 0.15) is 27.6 Å². The van der Waals surface area contributed by atoms with Crippen molar-refractivity contribution in [2.24, 2.45) is 0 Å². The molecule has 4 N–H and O–H groups in total. The van der Waals surface area contributed by atoms with Crippen LogP contribution < -0.4 is 10.6 Å². The zero-order valence-electron chi connectivity index (χ0n) is 12.4. The number of carbonyl (C=O) groups is 2. The number of rotatable bonds is 5. The van der Waals surface area contributed by atoms with E-state index in [1.54, 1.807) is 6.92 Å². The molecule has 2 aromatic heterocycles. The summed E-state index contributed by atoms with van der Waals surface area (Å²) in [5.41, 5.74) is 0.445. The summed E-state index contributed by atoms with van der Waals surface area (Å²) < 4.78 is 0. The molecule has 0 bridgehead atoms. The molecule has 2 heterocycles. The van der Waals surface area contributed by atoms with Crippen molar-refractivity contribution in [3.05, 3.63) is 48.0 Å². The maximum atomic E-state index is 11.9. The quantitative estimate of drug-likeness (QED) is 0.634. The average molecular weight is 316 g/mol. The number of amides is 2. The number of pyridine rings is 2. The third-order valence-corrected chi connectivity index (χ3v) is 2.92. The second-order valence-electron chi connectivity index (χ2n) is 4.95. The van der Waals surface area contributed by atoms with E-state index in [0.717, 1.165) is 0 Å². The van der Waals surface area contributed by atoms with E-state index in [9.17, 15) is 19.8 Å². The van der Waals surface area contributed by atoms with Gasteiger partial charge in [-0.15, -0.1) is 0 Å². The number of carbonyl (C=O) groups excluding carboxylic acids is 2. The molecule has 2 aromatic rings. The average Bonchev–Trinajstić information content (AvgIpc) is 2.52. The summed E-state index contributed by atoms with van der Waals surface area (Å²) in [6.45, 7) is 1.90. The smallest absolute Gasteiger partial charge is 0.253 e. The molecule has 8 heteroatoms. The number of nitrogens with one attached hydrogen (secondary N) is 2. The molecule has 8 nitrogen and oxygen atoms in total. The molecule has 0 unspecified atom stereocenters. The van der Waals surface area contributed by atoms with Gasteiger partial charge < -0.3 is 20.8 Å². The molecule has 0 aliphatic rings. The molecule has 1 atom stereocenters. The Morgan fingerprint density at radius 3 is 2.04 bits per heavy atom. The van der Waals surface area contributed by atoms with Crippen LogP contribution in [-0.4, -0.2) is 44.6 Å². The number of hydrogen-bond acceptors (Lipinski definition) is 6. The van der Waals surface area contributed by atoms with Crippen LogP contribution in [0.3, 0.4) is 0 Å². The first-order chi connectivity index (χ1) is 11.0. The van der Waals surface area contributed by atoms with Crippen LogP contribution in [-0.2, 0) is 0 Å². The molecular weight excluding hydrogens is 300 g/mol. The Labute approximate surface area is 132 Å². The molecule has 23 heavy (non-hydrogen) atoms. The summed E-state index contributed by atoms with van der Waals surface area (Å²) in [5, 5.41) is 23.9. The van der Waals surface area contributed by atoms with Crippen LogP contribution in [0.4, 0.5) is 0 Å². The summed E-state index contributed by atoms with van der Waals surface area (Å²) in [6.07, 6.45) is 5.11. The number of nitrogens with zero attached hydrogens (tertiary/aromatic N) is 2. The van der Waals surface area contributed by atoms with Gasteiger partial charge in [0.25, 0.3) is 11.8 Å². The second-order valence-corrected chi connectivity index (χ2v) is 4.95. The van der Waals surface area contributed by atoms with Crippen LogP contribution in [0.2, 0.25) is 0 Å². The van der Waals surface area contributed by atoms with Gasteiger partial charge in [0.05, 0.1) is 23.5 Å². The van der Waals surface area contributed by atoms with E-state index in [4.69, 9.17) is 0 Å². The molecule has 0 saturated carbocycles. The number of aromatic hydroxyl groups is 2. The Morgan fingerprint density at radius 2 is 1.52 bits per heavy atom. The van der Waals surface area contributed by atoms with Crippen molar-refractivity contribution in [3.63, 3.8) is 0 Å². The molecule has 0 aliphatic carbocycles. The van der Waals surface area contributed by atoms with E-state index in [2.05, 4.69) is 20.6 Å². The largest absolute Gasteiger partial charge is 0.506 e. The fraction of sp³-hybridized carbons (Fsp3) is 0.200. The normalized spacial score (nSPS) is 11.5. The minimum absolute atomic E-state index is 0.101. The van der Waals surface area contributed by atoms with E-state index in [-0.39, 0.29) is 35.2 Å². The zero-order valence-corrected chi connectivity index (χ0v) is 12.4. The summed E-state index contributed by atoms with van der Waals surface area (Å²) in [7, 11) is 0. The van der Waals surface area contributed by atoms with Crippen molar-refractivity contribution >= 4 is 11.8 Å². The fourth-order valence-electron chi connectivity index (χ4n) is 1.81. The highest BCUT2D eigenvalue weighted by atomic mass is 16.3. The first kappa shape index (κ1) is 16.2. The van der Waals surface area contributed by atoms with Crippen LogP contribution >= 0.6 is 0 Å². The molecule has 2 amide bonds. The molecule has 0 aliphatic heterocycles. The Bertz CT molecular complexity index is 720. The first-order valence-electron chi connectivity index (χ1n) is 6.83. The van der Waals surface area contributed by atoms with Gasteiger partial charge in [0.1, 0.15) is 11.5 Å². The standard InChI is InChI=1S/C15H16N4O4/c1-9(19-15(23)11-3-13(21)8-17-6-11)4-18-14(22)10-2-12(20)7-16-5-10/h2-3,5-9,20-21H,4H2,1H3,(H,18,22)(H,19,23)/t9-/m0/s1. The summed E-state index contributed by atoms with van der Waals surface area (Å²) in [5.74, 6) is -1.02. The highest BCUT2D eigenvalue weighted by Gasteiger charge is 2.13. The SMILES string of the molecule is C[C@@H](CNC(=O)c1cncc(O)c1)NC(=O)c1cncc(O)c1. The maximum absolute atomic E-state index is 11.9. The molecule has 120 valence electrons. The van der Waals surface area contributed by atoms with Crippen molar-refractivity contribution in [1.82, 2.24) is 20.6 Å². The number of hydrogen-bond donors (Lipinski definition) is 4.